The van der Waals surface area contributed by atoms with E-state index in [-0.39, 0.29) is 23.9 Å². The first-order valence-electron chi connectivity index (χ1n) is 14.4. The van der Waals surface area contributed by atoms with E-state index in [4.69, 9.17) is 0 Å². The second-order valence-corrected chi connectivity index (χ2v) is 10.3. The van der Waals surface area contributed by atoms with Crippen LogP contribution >= 0.6 is 0 Å². The van der Waals surface area contributed by atoms with Crippen LogP contribution in [0.1, 0.15) is 73.0 Å². The number of carbonyl (C=O) groups excluding carboxylic acids is 2. The minimum Gasteiger partial charge on any atom is -0.338 e. The lowest BCUT2D eigenvalue weighted by Gasteiger charge is -2.33. The summed E-state index contributed by atoms with van der Waals surface area (Å²) in [6.45, 7) is 5.04. The van der Waals surface area contributed by atoms with Crippen molar-refractivity contribution in [2.24, 2.45) is 0 Å². The molecule has 0 aliphatic carbocycles. The van der Waals surface area contributed by atoms with Gasteiger partial charge in [0.05, 0.1) is 17.8 Å². The lowest BCUT2D eigenvalue weighted by atomic mass is 9.95. The third-order valence-electron chi connectivity index (χ3n) is 7.35. The summed E-state index contributed by atoms with van der Waals surface area (Å²) in [6, 6.07) is 27.7. The number of amides is 2. The van der Waals surface area contributed by atoms with Crippen LogP contribution in [-0.4, -0.2) is 48.9 Å². The van der Waals surface area contributed by atoms with Crippen molar-refractivity contribution in [1.82, 2.24) is 15.5 Å². The number of hydrogen-bond donors (Lipinski definition) is 3. The predicted molar refractivity (Wildman–Crippen MR) is 159 cm³/mol. The fraction of sp³-hybridized carbons (Fsp3) is 0.394. The molecular weight excluding hydrogens is 484 g/mol. The van der Waals surface area contributed by atoms with Crippen molar-refractivity contribution in [3.8, 4) is 0 Å². The van der Waals surface area contributed by atoms with Gasteiger partial charge in [-0.05, 0) is 42.6 Å². The van der Waals surface area contributed by atoms with E-state index in [1.807, 2.05) is 30.3 Å². The quantitative estimate of drug-likeness (QED) is 0.188. The van der Waals surface area contributed by atoms with Crippen LogP contribution in [0.15, 0.2) is 84.9 Å². The molecule has 3 aromatic rings. The molecule has 1 heterocycles. The molecule has 1 unspecified atom stereocenters. The average Bonchev–Trinajstić information content (AvgIpc) is 3.22. The summed E-state index contributed by atoms with van der Waals surface area (Å²) in [7, 11) is 0. The summed E-state index contributed by atoms with van der Waals surface area (Å²) in [6.07, 6.45) is 6.63. The molecule has 1 aliphatic rings. The number of anilines is 1. The first-order valence-corrected chi connectivity index (χ1v) is 14.4. The monoisotopic (exact) mass is 526 g/mol. The van der Waals surface area contributed by atoms with Crippen LogP contribution in [-0.2, 0) is 0 Å². The molecule has 0 saturated carbocycles. The molecule has 0 aromatic heterocycles. The van der Waals surface area contributed by atoms with E-state index in [2.05, 4.69) is 76.3 Å². The number of benzene rings is 3. The Morgan fingerprint density at radius 2 is 1.51 bits per heavy atom. The lowest BCUT2D eigenvalue weighted by Crippen LogP contribution is -2.45. The molecule has 3 N–H and O–H groups in total. The largest absolute Gasteiger partial charge is 0.338 e. The van der Waals surface area contributed by atoms with E-state index < -0.39 is 0 Å². The van der Waals surface area contributed by atoms with Gasteiger partial charge in [0, 0.05) is 25.2 Å². The van der Waals surface area contributed by atoms with Gasteiger partial charge in [-0.2, -0.15) is 0 Å². The van der Waals surface area contributed by atoms with E-state index in [0.29, 0.717) is 24.3 Å². The number of carbonyl (C=O) groups is 2. The molecule has 6 heteroatoms. The van der Waals surface area contributed by atoms with Crippen molar-refractivity contribution in [2.75, 3.05) is 31.5 Å². The first-order chi connectivity index (χ1) is 19.2. The van der Waals surface area contributed by atoms with Gasteiger partial charge in [-0.3, -0.25) is 9.69 Å². The van der Waals surface area contributed by atoms with Crippen LogP contribution in [0.25, 0.3) is 0 Å². The van der Waals surface area contributed by atoms with Crippen LogP contribution in [0.2, 0.25) is 0 Å². The number of ketones is 1. The maximum absolute atomic E-state index is 13.9. The predicted octanol–water partition coefficient (Wildman–Crippen LogP) is 6.41. The smallest absolute Gasteiger partial charge is 0.319 e. The second-order valence-electron chi connectivity index (χ2n) is 10.3. The number of unbranched alkanes of at least 4 members (excludes halogenated alkanes) is 4. The Morgan fingerprint density at radius 3 is 2.21 bits per heavy atom. The van der Waals surface area contributed by atoms with Crippen LogP contribution in [0.4, 0.5) is 10.5 Å². The van der Waals surface area contributed by atoms with E-state index in [9.17, 15) is 9.59 Å². The minimum absolute atomic E-state index is 0.00256. The maximum atomic E-state index is 13.9. The Morgan fingerprint density at radius 1 is 0.872 bits per heavy atom. The standard InChI is InChI=1S/C33H42N4O2/c1-2-3-4-5-14-22-35-33(39)36-29-21-13-12-20-28(29)32(38)30-25-37(24-15-23-34-30)31(26-16-8-6-9-17-26)27-18-10-7-11-19-27/h6-13,16-21,30-31,34H,2-5,14-15,22-25H2,1H3,(H2,35,36,39). The molecule has 4 rings (SSSR count). The highest BCUT2D eigenvalue weighted by atomic mass is 16.2. The maximum Gasteiger partial charge on any atom is 0.319 e. The fourth-order valence-electron chi connectivity index (χ4n) is 5.34. The summed E-state index contributed by atoms with van der Waals surface area (Å²) < 4.78 is 0. The fourth-order valence-corrected chi connectivity index (χ4v) is 5.34. The molecule has 3 aromatic carbocycles. The molecule has 1 saturated heterocycles. The number of nitrogens with one attached hydrogen (secondary N) is 3. The Balaban J connectivity index is 1.47. The number of hydrogen-bond acceptors (Lipinski definition) is 4. The number of urea groups is 1. The van der Waals surface area contributed by atoms with Gasteiger partial charge in [-0.25, -0.2) is 4.79 Å². The molecule has 2 amide bonds. The SMILES string of the molecule is CCCCCCCNC(=O)Nc1ccccc1C(=O)C1CN(C(c2ccccc2)c2ccccc2)CCCN1. The summed E-state index contributed by atoms with van der Waals surface area (Å²) >= 11 is 0. The molecule has 206 valence electrons. The van der Waals surface area contributed by atoms with Gasteiger partial charge in [0.1, 0.15) is 0 Å². The summed E-state index contributed by atoms with van der Waals surface area (Å²) in [4.78, 5) is 28.9. The zero-order chi connectivity index (χ0) is 27.3. The summed E-state index contributed by atoms with van der Waals surface area (Å²) in [5.41, 5.74) is 3.51. The van der Waals surface area contributed by atoms with Crippen molar-refractivity contribution in [1.29, 1.82) is 0 Å². The second kappa shape index (κ2) is 15.2. The average molecular weight is 527 g/mol. The topological polar surface area (TPSA) is 73.5 Å². The zero-order valence-corrected chi connectivity index (χ0v) is 23.1. The molecule has 0 bridgehead atoms. The van der Waals surface area contributed by atoms with E-state index in [1.54, 1.807) is 6.07 Å². The molecule has 39 heavy (non-hydrogen) atoms. The summed E-state index contributed by atoms with van der Waals surface area (Å²) in [5, 5.41) is 9.35. The highest BCUT2D eigenvalue weighted by Gasteiger charge is 2.31. The van der Waals surface area contributed by atoms with Gasteiger partial charge >= 0.3 is 6.03 Å². The molecular formula is C33H42N4O2. The van der Waals surface area contributed by atoms with Gasteiger partial charge in [0.2, 0.25) is 0 Å². The van der Waals surface area contributed by atoms with Crippen molar-refractivity contribution in [3.63, 3.8) is 0 Å². The molecule has 1 fully saturated rings. The third kappa shape index (κ3) is 8.25. The number of Topliss-reactive ketones (excluding diaryl/α,β-unsaturated/α-hetero) is 1. The van der Waals surface area contributed by atoms with E-state index in [1.165, 1.54) is 30.4 Å². The molecule has 1 atom stereocenters. The van der Waals surface area contributed by atoms with Gasteiger partial charge in [-0.15, -0.1) is 0 Å². The minimum atomic E-state index is -0.382. The highest BCUT2D eigenvalue weighted by Crippen LogP contribution is 2.30. The normalized spacial score (nSPS) is 16.0. The first kappa shape index (κ1) is 28.5. The Labute approximate surface area is 233 Å². The van der Waals surface area contributed by atoms with Gasteiger partial charge in [0.15, 0.2) is 5.78 Å². The lowest BCUT2D eigenvalue weighted by molar-refractivity contribution is 0.0916. The summed E-state index contributed by atoms with van der Waals surface area (Å²) in [5.74, 6) is -0.00256. The van der Waals surface area contributed by atoms with Gasteiger partial charge in [-0.1, -0.05) is 105 Å². The van der Waals surface area contributed by atoms with E-state index in [0.717, 1.165) is 32.4 Å². The molecule has 1 aliphatic heterocycles. The van der Waals surface area contributed by atoms with Gasteiger partial charge in [0.25, 0.3) is 0 Å². The Hall–Kier alpha value is -3.48. The molecule has 6 nitrogen and oxygen atoms in total. The Kier molecular flexibility index (Phi) is 11.1. The molecule has 0 spiro atoms. The van der Waals surface area contributed by atoms with Crippen LogP contribution in [0, 0.1) is 0 Å². The number of rotatable bonds is 12. The van der Waals surface area contributed by atoms with Crippen LogP contribution in [0.3, 0.4) is 0 Å². The van der Waals surface area contributed by atoms with Crippen LogP contribution in [0.5, 0.6) is 0 Å². The van der Waals surface area contributed by atoms with Crippen molar-refractivity contribution in [2.45, 2.75) is 57.5 Å². The van der Waals surface area contributed by atoms with E-state index >= 15 is 0 Å². The van der Waals surface area contributed by atoms with Gasteiger partial charge < -0.3 is 16.0 Å². The zero-order valence-electron chi connectivity index (χ0n) is 23.1. The number of nitrogens with zero attached hydrogens (tertiary/aromatic N) is 1. The van der Waals surface area contributed by atoms with Crippen molar-refractivity contribution >= 4 is 17.5 Å². The van der Waals surface area contributed by atoms with Crippen LogP contribution < -0.4 is 16.0 Å². The third-order valence-corrected chi connectivity index (χ3v) is 7.35. The molecule has 0 radical (unpaired) electrons. The highest BCUT2D eigenvalue weighted by molar-refractivity contribution is 6.07. The Bertz CT molecular complexity index is 1130. The van der Waals surface area contributed by atoms with Crippen molar-refractivity contribution in [3.05, 3.63) is 102 Å². The number of para-hydroxylation sites is 1. The van der Waals surface area contributed by atoms with Crippen molar-refractivity contribution < 1.29 is 9.59 Å².